The Morgan fingerprint density at radius 2 is 2.19 bits per heavy atom. The summed E-state index contributed by atoms with van der Waals surface area (Å²) in [7, 11) is 0. The van der Waals surface area contributed by atoms with Gasteiger partial charge in [0.15, 0.2) is 0 Å². The number of nitrogens with one attached hydrogen (secondary N) is 1. The molecule has 0 saturated heterocycles. The van der Waals surface area contributed by atoms with Gasteiger partial charge in [-0.3, -0.25) is 4.79 Å². The summed E-state index contributed by atoms with van der Waals surface area (Å²) in [5.74, 6) is 1.06. The van der Waals surface area contributed by atoms with Crippen molar-refractivity contribution in [1.82, 2.24) is 5.32 Å². The zero-order valence-electron chi connectivity index (χ0n) is 12.6. The van der Waals surface area contributed by atoms with Crippen molar-refractivity contribution in [3.63, 3.8) is 0 Å². The van der Waals surface area contributed by atoms with E-state index in [1.807, 2.05) is 0 Å². The first-order valence-corrected chi connectivity index (χ1v) is 8.43. The number of carbonyl (C=O) groups is 1. The van der Waals surface area contributed by atoms with E-state index < -0.39 is 5.82 Å². The number of thioether (sulfide) groups is 1. The summed E-state index contributed by atoms with van der Waals surface area (Å²) in [5.41, 5.74) is 5.57. The van der Waals surface area contributed by atoms with Crippen molar-refractivity contribution < 1.29 is 9.18 Å². The lowest BCUT2D eigenvalue weighted by Gasteiger charge is -2.34. The summed E-state index contributed by atoms with van der Waals surface area (Å²) >= 11 is 1.33. The zero-order valence-corrected chi connectivity index (χ0v) is 13.4. The fraction of sp³-hybridized carbons (Fsp3) is 0.562. The van der Waals surface area contributed by atoms with Gasteiger partial charge in [-0.15, -0.1) is 11.8 Å². The number of nitrogen functional groups attached to an aromatic ring is 1. The molecule has 0 aliphatic heterocycles. The highest BCUT2D eigenvalue weighted by Crippen LogP contribution is 2.29. The molecule has 116 valence electrons. The summed E-state index contributed by atoms with van der Waals surface area (Å²) in [6.45, 7) is 4.45. The molecule has 0 aromatic heterocycles. The molecule has 0 bridgehead atoms. The lowest BCUT2D eigenvalue weighted by molar-refractivity contribution is -0.119. The molecule has 3 unspecified atom stereocenters. The van der Waals surface area contributed by atoms with E-state index in [0.29, 0.717) is 17.6 Å². The molecule has 0 heterocycles. The van der Waals surface area contributed by atoms with Crippen LogP contribution in [0.4, 0.5) is 10.1 Å². The number of rotatable bonds is 4. The number of carbonyl (C=O) groups excluding carboxylic acids is 1. The highest BCUT2D eigenvalue weighted by Gasteiger charge is 2.27. The van der Waals surface area contributed by atoms with Gasteiger partial charge in [-0.05, 0) is 36.5 Å². The molecule has 1 saturated carbocycles. The summed E-state index contributed by atoms with van der Waals surface area (Å²) in [6.07, 6.45) is 3.47. The van der Waals surface area contributed by atoms with Crippen LogP contribution in [0.1, 0.15) is 33.1 Å². The molecule has 3 nitrogen and oxygen atoms in total. The van der Waals surface area contributed by atoms with Gasteiger partial charge in [0.1, 0.15) is 5.82 Å². The Labute approximate surface area is 129 Å². The minimum Gasteiger partial charge on any atom is -0.396 e. The maximum Gasteiger partial charge on any atom is 0.230 e. The van der Waals surface area contributed by atoms with Crippen LogP contribution in [-0.4, -0.2) is 17.7 Å². The summed E-state index contributed by atoms with van der Waals surface area (Å²) in [6, 6.07) is 4.91. The van der Waals surface area contributed by atoms with Gasteiger partial charge in [0.2, 0.25) is 5.91 Å². The molecular weight excluding hydrogens is 287 g/mol. The Kier molecular flexibility index (Phi) is 5.51. The van der Waals surface area contributed by atoms with Crippen molar-refractivity contribution in [1.29, 1.82) is 0 Å². The SMILES string of the molecule is CC1CCCC(NC(=O)CSc2ccc(N)c(F)c2)C1C. The molecule has 2 rings (SSSR count). The average Bonchev–Trinajstić information content (AvgIpc) is 2.45. The molecule has 0 spiro atoms. The minimum atomic E-state index is -0.435. The van der Waals surface area contributed by atoms with Crippen molar-refractivity contribution in [2.45, 2.75) is 44.0 Å². The quantitative estimate of drug-likeness (QED) is 0.661. The summed E-state index contributed by atoms with van der Waals surface area (Å²) < 4.78 is 13.3. The maximum atomic E-state index is 13.3. The Hall–Kier alpha value is -1.23. The van der Waals surface area contributed by atoms with E-state index in [2.05, 4.69) is 19.2 Å². The third-order valence-corrected chi connectivity index (χ3v) is 5.39. The van der Waals surface area contributed by atoms with E-state index in [-0.39, 0.29) is 17.6 Å². The smallest absolute Gasteiger partial charge is 0.230 e. The fourth-order valence-electron chi connectivity index (χ4n) is 2.78. The van der Waals surface area contributed by atoms with Crippen molar-refractivity contribution in [2.24, 2.45) is 11.8 Å². The predicted molar refractivity (Wildman–Crippen MR) is 85.6 cm³/mol. The number of hydrogen-bond donors (Lipinski definition) is 2. The molecule has 1 aliphatic rings. The van der Waals surface area contributed by atoms with Crippen LogP contribution >= 0.6 is 11.8 Å². The molecule has 0 radical (unpaired) electrons. The average molecular weight is 310 g/mol. The predicted octanol–water partition coefficient (Wildman–Crippen LogP) is 3.44. The van der Waals surface area contributed by atoms with E-state index in [1.165, 1.54) is 36.7 Å². The van der Waals surface area contributed by atoms with Gasteiger partial charge >= 0.3 is 0 Å². The highest BCUT2D eigenvalue weighted by atomic mass is 32.2. The Morgan fingerprint density at radius 3 is 2.90 bits per heavy atom. The van der Waals surface area contributed by atoms with E-state index in [9.17, 15) is 9.18 Å². The van der Waals surface area contributed by atoms with Crippen LogP contribution in [0.5, 0.6) is 0 Å². The van der Waals surface area contributed by atoms with Crippen molar-refractivity contribution in [3.05, 3.63) is 24.0 Å². The van der Waals surface area contributed by atoms with Crippen LogP contribution in [0, 0.1) is 17.7 Å². The molecule has 3 atom stereocenters. The number of hydrogen-bond acceptors (Lipinski definition) is 3. The summed E-state index contributed by atoms with van der Waals surface area (Å²) in [4.78, 5) is 12.8. The first-order chi connectivity index (χ1) is 9.97. The number of halogens is 1. The number of anilines is 1. The Morgan fingerprint density at radius 1 is 1.43 bits per heavy atom. The van der Waals surface area contributed by atoms with Gasteiger partial charge in [0, 0.05) is 10.9 Å². The first-order valence-electron chi connectivity index (χ1n) is 7.44. The monoisotopic (exact) mass is 310 g/mol. The van der Waals surface area contributed by atoms with Crippen LogP contribution in [-0.2, 0) is 4.79 Å². The van der Waals surface area contributed by atoms with Gasteiger partial charge in [0.25, 0.3) is 0 Å². The fourth-order valence-corrected chi connectivity index (χ4v) is 3.51. The Balaban J connectivity index is 1.83. The normalized spacial score (nSPS) is 25.6. The molecule has 21 heavy (non-hydrogen) atoms. The van der Waals surface area contributed by atoms with E-state index in [4.69, 9.17) is 5.73 Å². The first kappa shape index (κ1) is 16.1. The molecule has 1 aromatic rings. The van der Waals surface area contributed by atoms with Crippen molar-refractivity contribution in [3.8, 4) is 0 Å². The van der Waals surface area contributed by atoms with Crippen molar-refractivity contribution in [2.75, 3.05) is 11.5 Å². The lowest BCUT2D eigenvalue weighted by Crippen LogP contribution is -2.44. The maximum absolute atomic E-state index is 13.3. The van der Waals surface area contributed by atoms with Crippen LogP contribution < -0.4 is 11.1 Å². The topological polar surface area (TPSA) is 55.1 Å². The molecule has 1 fully saturated rings. The lowest BCUT2D eigenvalue weighted by atomic mass is 9.78. The van der Waals surface area contributed by atoms with Crippen LogP contribution in [0.2, 0.25) is 0 Å². The van der Waals surface area contributed by atoms with Gasteiger partial charge in [-0.2, -0.15) is 0 Å². The van der Waals surface area contributed by atoms with Crippen LogP contribution in [0.15, 0.2) is 23.1 Å². The number of benzene rings is 1. The third kappa shape index (κ3) is 4.37. The second-order valence-electron chi connectivity index (χ2n) is 5.91. The van der Waals surface area contributed by atoms with Gasteiger partial charge in [0.05, 0.1) is 11.4 Å². The van der Waals surface area contributed by atoms with Gasteiger partial charge in [-0.1, -0.05) is 26.7 Å². The number of amides is 1. The molecule has 5 heteroatoms. The minimum absolute atomic E-state index is 0.0168. The van der Waals surface area contributed by atoms with Gasteiger partial charge in [-0.25, -0.2) is 4.39 Å². The zero-order chi connectivity index (χ0) is 15.4. The highest BCUT2D eigenvalue weighted by molar-refractivity contribution is 8.00. The number of nitrogens with two attached hydrogens (primary N) is 1. The molecular formula is C16H23FN2OS. The second-order valence-corrected chi connectivity index (χ2v) is 6.96. The molecule has 1 amide bonds. The van der Waals surface area contributed by atoms with Crippen molar-refractivity contribution >= 4 is 23.4 Å². The largest absolute Gasteiger partial charge is 0.396 e. The molecule has 1 aliphatic carbocycles. The van der Waals surface area contributed by atoms with Crippen LogP contribution in [0.25, 0.3) is 0 Å². The summed E-state index contributed by atoms with van der Waals surface area (Å²) in [5, 5.41) is 3.12. The molecule has 1 aromatic carbocycles. The van der Waals surface area contributed by atoms with E-state index in [1.54, 1.807) is 6.07 Å². The molecule has 3 N–H and O–H groups in total. The second kappa shape index (κ2) is 7.16. The van der Waals surface area contributed by atoms with E-state index >= 15 is 0 Å². The van der Waals surface area contributed by atoms with Gasteiger partial charge < -0.3 is 11.1 Å². The van der Waals surface area contributed by atoms with Crippen LogP contribution in [0.3, 0.4) is 0 Å². The Bertz CT molecular complexity index is 509. The standard InChI is InChI=1S/C16H23FN2OS/c1-10-4-3-5-15(11(10)2)19-16(20)9-21-12-6-7-14(18)13(17)8-12/h6-8,10-11,15H,3-5,9,18H2,1-2H3,(H,19,20). The van der Waals surface area contributed by atoms with E-state index in [0.717, 1.165) is 11.3 Å². The third-order valence-electron chi connectivity index (χ3n) is 4.40.